The summed E-state index contributed by atoms with van der Waals surface area (Å²) in [6, 6.07) is 8.39. The number of carbonyl (C=O) groups is 1. The molecule has 5 heteroatoms. The van der Waals surface area contributed by atoms with Crippen LogP contribution < -0.4 is 10.9 Å². The van der Waals surface area contributed by atoms with E-state index < -0.39 is 0 Å². The minimum atomic E-state index is -0.364. The molecule has 0 fully saturated rings. The Hall–Kier alpha value is -2.56. The van der Waals surface area contributed by atoms with Crippen LogP contribution in [0.25, 0.3) is 0 Å². The Labute approximate surface area is 116 Å². The van der Waals surface area contributed by atoms with Crippen LogP contribution in [0.3, 0.4) is 0 Å². The molecule has 20 heavy (non-hydrogen) atoms. The predicted octanol–water partition coefficient (Wildman–Crippen LogP) is 1.81. The van der Waals surface area contributed by atoms with Crippen molar-refractivity contribution >= 4 is 11.6 Å². The van der Waals surface area contributed by atoms with Crippen molar-refractivity contribution in [3.05, 3.63) is 58.0 Å². The van der Waals surface area contributed by atoms with Gasteiger partial charge in [0.25, 0.3) is 5.56 Å². The quantitative estimate of drug-likeness (QED) is 0.837. The molecule has 0 bridgehead atoms. The van der Waals surface area contributed by atoms with Crippen LogP contribution in [0.15, 0.2) is 41.3 Å². The number of hydrogen-bond donors (Lipinski definition) is 2. The maximum Gasteiger partial charge on any atom is 0.253 e. The lowest BCUT2D eigenvalue weighted by Gasteiger charge is -2.09. The third-order valence-corrected chi connectivity index (χ3v) is 2.95. The van der Waals surface area contributed by atoms with Crippen LogP contribution >= 0.6 is 0 Å². The number of aryl methyl sites for hydroxylation is 2. The number of aromatic hydroxyl groups is 1. The predicted molar refractivity (Wildman–Crippen MR) is 76.9 cm³/mol. The topological polar surface area (TPSA) is 71.3 Å². The van der Waals surface area contributed by atoms with Crippen molar-refractivity contribution in [2.45, 2.75) is 20.4 Å². The van der Waals surface area contributed by atoms with Gasteiger partial charge < -0.3 is 15.0 Å². The normalized spacial score (nSPS) is 10.3. The number of hydrogen-bond acceptors (Lipinski definition) is 3. The summed E-state index contributed by atoms with van der Waals surface area (Å²) in [5.74, 6) is -0.355. The van der Waals surface area contributed by atoms with Crippen molar-refractivity contribution in [2.24, 2.45) is 0 Å². The molecule has 1 aromatic carbocycles. The first-order valence-electron chi connectivity index (χ1n) is 6.23. The van der Waals surface area contributed by atoms with Gasteiger partial charge in [-0.1, -0.05) is 12.1 Å². The minimum Gasteiger partial charge on any atom is -0.506 e. The van der Waals surface area contributed by atoms with Crippen LogP contribution in [0, 0.1) is 13.8 Å². The van der Waals surface area contributed by atoms with Crippen molar-refractivity contribution < 1.29 is 9.90 Å². The number of aromatic nitrogens is 1. The number of pyridine rings is 1. The van der Waals surface area contributed by atoms with E-state index >= 15 is 0 Å². The average molecular weight is 272 g/mol. The van der Waals surface area contributed by atoms with Crippen molar-refractivity contribution in [1.82, 2.24) is 4.57 Å². The molecule has 0 unspecified atom stereocenters. The number of nitrogens with one attached hydrogen (secondary N) is 1. The Kier molecular flexibility index (Phi) is 3.89. The second-order valence-electron chi connectivity index (χ2n) is 4.69. The highest BCUT2D eigenvalue weighted by Gasteiger charge is 2.08. The van der Waals surface area contributed by atoms with Gasteiger partial charge in [-0.05, 0) is 37.6 Å². The lowest BCUT2D eigenvalue weighted by Crippen LogP contribution is -2.28. The number of phenols is 1. The van der Waals surface area contributed by atoms with E-state index in [9.17, 15) is 14.7 Å². The first-order chi connectivity index (χ1) is 9.47. The van der Waals surface area contributed by atoms with E-state index in [-0.39, 0.29) is 23.8 Å². The van der Waals surface area contributed by atoms with Gasteiger partial charge in [0, 0.05) is 11.8 Å². The fraction of sp³-hybridized carbons (Fsp3) is 0.200. The van der Waals surface area contributed by atoms with Crippen LogP contribution in [-0.4, -0.2) is 15.6 Å². The highest BCUT2D eigenvalue weighted by molar-refractivity contribution is 5.92. The summed E-state index contributed by atoms with van der Waals surface area (Å²) in [5.41, 5.74) is 1.62. The van der Waals surface area contributed by atoms with Gasteiger partial charge in [0.2, 0.25) is 5.91 Å². The third-order valence-electron chi connectivity index (χ3n) is 2.95. The van der Waals surface area contributed by atoms with E-state index in [0.717, 1.165) is 5.56 Å². The Morgan fingerprint density at radius 2 is 2.05 bits per heavy atom. The van der Waals surface area contributed by atoms with E-state index in [0.29, 0.717) is 11.3 Å². The lowest BCUT2D eigenvalue weighted by atomic mass is 10.2. The number of nitrogens with zero attached hydrogens (tertiary/aromatic N) is 1. The minimum absolute atomic E-state index is 0.00920. The van der Waals surface area contributed by atoms with Gasteiger partial charge in [0.15, 0.2) is 0 Å². The number of amides is 1. The second-order valence-corrected chi connectivity index (χ2v) is 4.69. The SMILES string of the molecule is Cc1ccc(NC(=O)Cn2cccc(C)c2=O)c(O)c1. The zero-order valence-corrected chi connectivity index (χ0v) is 11.4. The van der Waals surface area contributed by atoms with E-state index in [1.165, 1.54) is 4.57 Å². The summed E-state index contributed by atoms with van der Waals surface area (Å²) in [6.07, 6.45) is 1.56. The molecule has 0 saturated heterocycles. The summed E-state index contributed by atoms with van der Waals surface area (Å²) < 4.78 is 1.33. The van der Waals surface area contributed by atoms with Crippen LogP contribution in [0.1, 0.15) is 11.1 Å². The van der Waals surface area contributed by atoms with E-state index in [1.54, 1.807) is 43.5 Å². The van der Waals surface area contributed by atoms with Gasteiger partial charge in [-0.15, -0.1) is 0 Å². The second kappa shape index (κ2) is 5.61. The molecular formula is C15H16N2O3. The molecule has 2 aromatic rings. The summed E-state index contributed by atoms with van der Waals surface area (Å²) in [6.45, 7) is 3.45. The fourth-order valence-corrected chi connectivity index (χ4v) is 1.87. The standard InChI is InChI=1S/C15H16N2O3/c1-10-5-6-12(13(18)8-10)16-14(19)9-17-7-3-4-11(2)15(17)20/h3-8,18H,9H2,1-2H3,(H,16,19). The molecule has 0 atom stereocenters. The molecule has 1 amide bonds. The number of anilines is 1. The molecule has 0 aliphatic heterocycles. The number of rotatable bonds is 3. The molecule has 0 spiro atoms. The van der Waals surface area contributed by atoms with Gasteiger partial charge in [-0.3, -0.25) is 9.59 Å². The van der Waals surface area contributed by atoms with Gasteiger partial charge in [0.1, 0.15) is 12.3 Å². The molecule has 1 aromatic heterocycles. The molecule has 5 nitrogen and oxygen atoms in total. The number of phenolic OH excluding ortho intramolecular Hbond substituents is 1. The Morgan fingerprint density at radius 1 is 1.30 bits per heavy atom. The Bertz CT molecular complexity index is 705. The van der Waals surface area contributed by atoms with Crippen molar-refractivity contribution in [3.8, 4) is 5.75 Å². The van der Waals surface area contributed by atoms with Crippen molar-refractivity contribution in [3.63, 3.8) is 0 Å². The molecule has 0 saturated carbocycles. The molecule has 2 N–H and O–H groups in total. The number of carbonyl (C=O) groups excluding carboxylic acids is 1. The highest BCUT2D eigenvalue weighted by Crippen LogP contribution is 2.23. The number of benzene rings is 1. The van der Waals surface area contributed by atoms with Gasteiger partial charge in [-0.2, -0.15) is 0 Å². The molecular weight excluding hydrogens is 256 g/mol. The monoisotopic (exact) mass is 272 g/mol. The van der Waals surface area contributed by atoms with Gasteiger partial charge in [0.05, 0.1) is 5.69 Å². The van der Waals surface area contributed by atoms with Crippen molar-refractivity contribution in [1.29, 1.82) is 0 Å². The van der Waals surface area contributed by atoms with Gasteiger partial charge >= 0.3 is 0 Å². The first kappa shape index (κ1) is 13.9. The van der Waals surface area contributed by atoms with Crippen LogP contribution in [0.5, 0.6) is 5.75 Å². The summed E-state index contributed by atoms with van der Waals surface area (Å²) >= 11 is 0. The molecule has 104 valence electrons. The van der Waals surface area contributed by atoms with E-state index in [2.05, 4.69) is 5.32 Å². The maximum atomic E-state index is 11.9. The van der Waals surface area contributed by atoms with E-state index in [1.807, 2.05) is 6.92 Å². The van der Waals surface area contributed by atoms with Crippen LogP contribution in [0.2, 0.25) is 0 Å². The molecule has 0 radical (unpaired) electrons. The summed E-state index contributed by atoms with van der Waals surface area (Å²) in [7, 11) is 0. The fourth-order valence-electron chi connectivity index (χ4n) is 1.87. The zero-order valence-electron chi connectivity index (χ0n) is 11.4. The largest absolute Gasteiger partial charge is 0.506 e. The molecule has 0 aliphatic carbocycles. The smallest absolute Gasteiger partial charge is 0.253 e. The zero-order chi connectivity index (χ0) is 14.7. The average Bonchev–Trinajstić information content (AvgIpc) is 2.38. The summed E-state index contributed by atoms with van der Waals surface area (Å²) in [5, 5.41) is 12.3. The molecule has 0 aliphatic rings. The maximum absolute atomic E-state index is 11.9. The first-order valence-corrected chi connectivity index (χ1v) is 6.23. The molecule has 2 rings (SSSR count). The molecule has 1 heterocycles. The van der Waals surface area contributed by atoms with Crippen LogP contribution in [0.4, 0.5) is 5.69 Å². The lowest BCUT2D eigenvalue weighted by molar-refractivity contribution is -0.116. The van der Waals surface area contributed by atoms with E-state index in [4.69, 9.17) is 0 Å². The summed E-state index contributed by atoms with van der Waals surface area (Å²) in [4.78, 5) is 23.7. The third kappa shape index (κ3) is 3.06. The Morgan fingerprint density at radius 3 is 2.75 bits per heavy atom. The van der Waals surface area contributed by atoms with Crippen LogP contribution in [-0.2, 0) is 11.3 Å². The Balaban J connectivity index is 2.13. The highest BCUT2D eigenvalue weighted by atomic mass is 16.3. The van der Waals surface area contributed by atoms with Crippen molar-refractivity contribution in [2.75, 3.05) is 5.32 Å². The van der Waals surface area contributed by atoms with Gasteiger partial charge in [-0.25, -0.2) is 0 Å².